The number of halogens is 1. The summed E-state index contributed by atoms with van der Waals surface area (Å²) in [6, 6.07) is 6.25. The molecule has 1 saturated heterocycles. The molecule has 0 N–H and O–H groups in total. The molecule has 1 fully saturated rings. The molecule has 0 unspecified atom stereocenters. The summed E-state index contributed by atoms with van der Waals surface area (Å²) in [6.45, 7) is 4.46. The lowest BCUT2D eigenvalue weighted by Gasteiger charge is -2.33. The van der Waals surface area contributed by atoms with Gasteiger partial charge in [0.1, 0.15) is 5.82 Å². The molecule has 0 radical (unpaired) electrons. The van der Waals surface area contributed by atoms with Gasteiger partial charge in [0, 0.05) is 36.8 Å². The van der Waals surface area contributed by atoms with Crippen molar-refractivity contribution in [3.63, 3.8) is 0 Å². The van der Waals surface area contributed by atoms with Gasteiger partial charge >= 0.3 is 0 Å². The van der Waals surface area contributed by atoms with Crippen molar-refractivity contribution in [1.29, 1.82) is 0 Å². The highest BCUT2D eigenvalue weighted by Crippen LogP contribution is 2.24. The zero-order valence-corrected chi connectivity index (χ0v) is 14.6. The molecule has 128 valence electrons. The molecule has 1 aromatic carbocycles. The smallest absolute Gasteiger partial charge is 0.254 e. The third-order valence-electron chi connectivity index (χ3n) is 4.66. The number of likely N-dealkylation sites (tertiary alicyclic amines) is 1. The van der Waals surface area contributed by atoms with Crippen LogP contribution in [-0.4, -0.2) is 54.4 Å². The second-order valence-electron chi connectivity index (χ2n) is 6.97. The van der Waals surface area contributed by atoms with Gasteiger partial charge in [-0.3, -0.25) is 9.78 Å². The highest BCUT2D eigenvalue weighted by Gasteiger charge is 2.25. The molecular weight excluding hydrogens is 305 g/mol. The second-order valence-corrected chi connectivity index (χ2v) is 6.97. The number of carbonyl (C=O) groups excluding carboxylic acids is 1. The van der Waals surface area contributed by atoms with Crippen LogP contribution < -0.4 is 0 Å². The van der Waals surface area contributed by atoms with E-state index in [1.54, 1.807) is 6.07 Å². The Hall–Kier alpha value is -2.01. The van der Waals surface area contributed by atoms with Crippen LogP contribution in [0.1, 0.15) is 28.9 Å². The molecule has 1 amide bonds. The summed E-state index contributed by atoms with van der Waals surface area (Å²) in [6.07, 6.45) is 2.06. The summed E-state index contributed by atoms with van der Waals surface area (Å²) in [4.78, 5) is 21.5. The molecule has 0 bridgehead atoms. The van der Waals surface area contributed by atoms with Gasteiger partial charge in [-0.25, -0.2) is 4.39 Å². The van der Waals surface area contributed by atoms with Crippen LogP contribution in [-0.2, 0) is 0 Å². The number of fused-ring (bicyclic) bond motifs is 1. The first-order chi connectivity index (χ1) is 11.4. The minimum atomic E-state index is -0.330. The number of pyridine rings is 1. The molecule has 1 aromatic heterocycles. The van der Waals surface area contributed by atoms with Crippen molar-refractivity contribution in [2.75, 3.05) is 33.7 Å². The van der Waals surface area contributed by atoms with Crippen molar-refractivity contribution < 1.29 is 9.18 Å². The molecule has 2 heterocycles. The van der Waals surface area contributed by atoms with Crippen molar-refractivity contribution in [1.82, 2.24) is 14.8 Å². The Balaban J connectivity index is 1.82. The van der Waals surface area contributed by atoms with Gasteiger partial charge in [-0.15, -0.1) is 0 Å². The van der Waals surface area contributed by atoms with Crippen molar-refractivity contribution in [2.24, 2.45) is 5.92 Å². The fourth-order valence-electron chi connectivity index (χ4n) is 3.52. The van der Waals surface area contributed by atoms with Crippen LogP contribution in [0.3, 0.4) is 0 Å². The van der Waals surface area contributed by atoms with E-state index in [1.165, 1.54) is 12.1 Å². The maximum Gasteiger partial charge on any atom is 0.254 e. The van der Waals surface area contributed by atoms with Gasteiger partial charge < -0.3 is 9.80 Å². The molecule has 1 aliphatic rings. The van der Waals surface area contributed by atoms with Crippen LogP contribution in [0.2, 0.25) is 0 Å². The molecule has 4 nitrogen and oxygen atoms in total. The number of aryl methyl sites for hydroxylation is 1. The van der Waals surface area contributed by atoms with E-state index in [0.717, 1.165) is 43.6 Å². The zero-order chi connectivity index (χ0) is 17.3. The summed E-state index contributed by atoms with van der Waals surface area (Å²) >= 11 is 0. The number of hydrogen-bond donors (Lipinski definition) is 0. The van der Waals surface area contributed by atoms with Crippen molar-refractivity contribution in [2.45, 2.75) is 19.8 Å². The predicted octanol–water partition coefficient (Wildman–Crippen LogP) is 3.10. The molecule has 5 heteroatoms. The number of aromatic nitrogens is 1. The van der Waals surface area contributed by atoms with Gasteiger partial charge in [0.05, 0.1) is 11.1 Å². The standard InChI is InChI=1S/C19H24FN3O/c1-13-10-17(16-5-4-15(20)11-18(16)21-13)19(24)23-8-6-14(7-9-23)12-22(2)3/h4-5,10-11,14H,6-9,12H2,1-3H3. The number of carbonyl (C=O) groups is 1. The molecule has 2 aromatic rings. The van der Waals surface area contributed by atoms with Crippen LogP contribution in [0.4, 0.5) is 4.39 Å². The fraction of sp³-hybridized carbons (Fsp3) is 0.474. The highest BCUT2D eigenvalue weighted by atomic mass is 19.1. The highest BCUT2D eigenvalue weighted by molar-refractivity contribution is 6.06. The van der Waals surface area contributed by atoms with Gasteiger partial charge in [0.15, 0.2) is 0 Å². The van der Waals surface area contributed by atoms with E-state index in [2.05, 4.69) is 24.0 Å². The van der Waals surface area contributed by atoms with Gasteiger partial charge in [-0.05, 0) is 58.0 Å². The Morgan fingerprint density at radius 1 is 1.29 bits per heavy atom. The largest absolute Gasteiger partial charge is 0.339 e. The minimum Gasteiger partial charge on any atom is -0.339 e. The lowest BCUT2D eigenvalue weighted by atomic mass is 9.95. The zero-order valence-electron chi connectivity index (χ0n) is 14.6. The Kier molecular flexibility index (Phi) is 4.81. The fourth-order valence-corrected chi connectivity index (χ4v) is 3.52. The molecule has 0 saturated carbocycles. The average Bonchev–Trinajstić information content (AvgIpc) is 2.53. The number of piperidine rings is 1. The summed E-state index contributed by atoms with van der Waals surface area (Å²) in [5.74, 6) is 0.345. The molecule has 0 spiro atoms. The molecule has 24 heavy (non-hydrogen) atoms. The SMILES string of the molecule is Cc1cc(C(=O)N2CCC(CN(C)C)CC2)c2ccc(F)cc2n1. The number of amides is 1. The molecular formula is C19H24FN3O. The van der Waals surface area contributed by atoms with E-state index in [-0.39, 0.29) is 11.7 Å². The summed E-state index contributed by atoms with van der Waals surface area (Å²) < 4.78 is 13.5. The topological polar surface area (TPSA) is 36.4 Å². The lowest BCUT2D eigenvalue weighted by molar-refractivity contribution is 0.0680. The maximum atomic E-state index is 13.5. The second kappa shape index (κ2) is 6.85. The molecule has 1 aliphatic heterocycles. The first-order valence-corrected chi connectivity index (χ1v) is 8.45. The third kappa shape index (κ3) is 3.56. The Morgan fingerprint density at radius 3 is 2.67 bits per heavy atom. The summed E-state index contributed by atoms with van der Waals surface area (Å²) in [5, 5.41) is 0.724. The summed E-state index contributed by atoms with van der Waals surface area (Å²) in [5.41, 5.74) is 1.91. The van der Waals surface area contributed by atoms with E-state index in [4.69, 9.17) is 0 Å². The van der Waals surface area contributed by atoms with E-state index in [9.17, 15) is 9.18 Å². The molecule has 0 atom stereocenters. The average molecular weight is 329 g/mol. The normalized spacial score (nSPS) is 16.1. The number of benzene rings is 1. The first-order valence-electron chi connectivity index (χ1n) is 8.45. The number of nitrogens with zero attached hydrogens (tertiary/aromatic N) is 3. The molecule has 3 rings (SSSR count). The van der Waals surface area contributed by atoms with Gasteiger partial charge in [-0.1, -0.05) is 0 Å². The van der Waals surface area contributed by atoms with E-state index in [0.29, 0.717) is 17.0 Å². The number of hydrogen-bond acceptors (Lipinski definition) is 3. The first kappa shape index (κ1) is 16.8. The van der Waals surface area contributed by atoms with Crippen LogP contribution >= 0.6 is 0 Å². The summed E-state index contributed by atoms with van der Waals surface area (Å²) in [7, 11) is 4.17. The van der Waals surface area contributed by atoms with Crippen LogP contribution in [0, 0.1) is 18.7 Å². The Bertz CT molecular complexity index is 746. The van der Waals surface area contributed by atoms with Crippen LogP contribution in [0.15, 0.2) is 24.3 Å². The van der Waals surface area contributed by atoms with Gasteiger partial charge in [-0.2, -0.15) is 0 Å². The van der Waals surface area contributed by atoms with E-state index in [1.807, 2.05) is 17.9 Å². The quantitative estimate of drug-likeness (QED) is 0.868. The van der Waals surface area contributed by atoms with Crippen molar-refractivity contribution >= 4 is 16.8 Å². The van der Waals surface area contributed by atoms with Gasteiger partial charge in [0.25, 0.3) is 5.91 Å². The van der Waals surface area contributed by atoms with Gasteiger partial charge in [0.2, 0.25) is 0 Å². The third-order valence-corrected chi connectivity index (χ3v) is 4.66. The Labute approximate surface area is 142 Å². The van der Waals surface area contributed by atoms with Crippen molar-refractivity contribution in [3.8, 4) is 0 Å². The van der Waals surface area contributed by atoms with Crippen LogP contribution in [0.25, 0.3) is 10.9 Å². The monoisotopic (exact) mass is 329 g/mol. The Morgan fingerprint density at radius 2 is 2.00 bits per heavy atom. The van der Waals surface area contributed by atoms with Crippen molar-refractivity contribution in [3.05, 3.63) is 41.3 Å². The van der Waals surface area contributed by atoms with E-state index >= 15 is 0 Å². The maximum absolute atomic E-state index is 13.5. The van der Waals surface area contributed by atoms with E-state index < -0.39 is 0 Å². The number of rotatable bonds is 3. The molecule has 0 aliphatic carbocycles. The lowest BCUT2D eigenvalue weighted by Crippen LogP contribution is -2.40. The minimum absolute atomic E-state index is 0.0282. The van der Waals surface area contributed by atoms with Crippen LogP contribution in [0.5, 0.6) is 0 Å². The predicted molar refractivity (Wildman–Crippen MR) is 93.6 cm³/mol.